The first-order chi connectivity index (χ1) is 12.9. The number of para-hydroxylation sites is 1. The first-order valence-corrected chi connectivity index (χ1v) is 9.87. The lowest BCUT2D eigenvalue weighted by Gasteiger charge is -2.31. The first-order valence-electron chi connectivity index (χ1n) is 9.87. The van der Waals surface area contributed by atoms with Gasteiger partial charge in [0.2, 0.25) is 0 Å². The molecule has 0 saturated heterocycles. The number of carbonyl (C=O) groups is 1. The molecule has 0 aromatic heterocycles. The topological polar surface area (TPSA) is 46.3 Å². The molecule has 0 radical (unpaired) electrons. The van der Waals surface area contributed by atoms with E-state index in [9.17, 15) is 4.79 Å². The van der Waals surface area contributed by atoms with Crippen LogP contribution in [-0.4, -0.2) is 12.6 Å². The van der Waals surface area contributed by atoms with Gasteiger partial charge in [-0.3, -0.25) is 4.90 Å². The Bertz CT molecular complexity index is 838. The number of nitrogens with two attached hydrogens (primary N) is 1. The number of allylic oxidation sites excluding steroid dienone is 1. The van der Waals surface area contributed by atoms with Gasteiger partial charge in [-0.25, -0.2) is 4.79 Å². The van der Waals surface area contributed by atoms with Gasteiger partial charge in [0.15, 0.2) is 0 Å². The zero-order valence-electron chi connectivity index (χ0n) is 16.8. The molecule has 2 N–H and O–H groups in total. The zero-order valence-corrected chi connectivity index (χ0v) is 16.8. The van der Waals surface area contributed by atoms with E-state index in [-0.39, 0.29) is 0 Å². The van der Waals surface area contributed by atoms with Crippen LogP contribution in [-0.2, 0) is 6.42 Å². The van der Waals surface area contributed by atoms with E-state index in [2.05, 4.69) is 76.2 Å². The van der Waals surface area contributed by atoms with Crippen molar-refractivity contribution in [1.82, 2.24) is 0 Å². The average molecular weight is 363 g/mol. The number of rotatable bonds is 5. The molecule has 1 aliphatic carbocycles. The van der Waals surface area contributed by atoms with Gasteiger partial charge in [-0.05, 0) is 52.5 Å². The molecule has 3 rings (SSSR count). The van der Waals surface area contributed by atoms with Crippen LogP contribution < -0.4 is 10.6 Å². The van der Waals surface area contributed by atoms with Gasteiger partial charge in [0.1, 0.15) is 0 Å². The lowest BCUT2D eigenvalue weighted by atomic mass is 9.89. The van der Waals surface area contributed by atoms with E-state index >= 15 is 0 Å². The Morgan fingerprint density at radius 1 is 1.00 bits per heavy atom. The van der Waals surface area contributed by atoms with Gasteiger partial charge < -0.3 is 5.73 Å². The maximum Gasteiger partial charge on any atom is 0.319 e. The minimum absolute atomic E-state index is 0.313. The molecule has 0 bridgehead atoms. The second kappa shape index (κ2) is 7.99. The maximum atomic E-state index is 12.6. The van der Waals surface area contributed by atoms with Crippen LogP contribution in [0.3, 0.4) is 0 Å². The number of hydrogen-bond acceptors (Lipinski definition) is 1. The Hall–Kier alpha value is -2.55. The van der Waals surface area contributed by atoms with Crippen molar-refractivity contribution in [3.05, 3.63) is 70.8 Å². The number of hydrogen-bond donors (Lipinski definition) is 1. The average Bonchev–Trinajstić information content (AvgIpc) is 2.65. The lowest BCUT2D eigenvalue weighted by molar-refractivity contribution is 0.254. The van der Waals surface area contributed by atoms with E-state index < -0.39 is 6.03 Å². The maximum absolute atomic E-state index is 12.6. The highest BCUT2D eigenvalue weighted by Gasteiger charge is 2.25. The van der Waals surface area contributed by atoms with Crippen molar-refractivity contribution < 1.29 is 4.79 Å². The molecular weight excluding hydrogens is 332 g/mol. The Labute approximate surface area is 162 Å². The van der Waals surface area contributed by atoms with Crippen LogP contribution >= 0.6 is 0 Å². The Kier molecular flexibility index (Phi) is 5.69. The molecule has 3 heteroatoms. The van der Waals surface area contributed by atoms with Crippen LogP contribution in [0.2, 0.25) is 0 Å². The van der Waals surface area contributed by atoms with Crippen LogP contribution in [0, 0.1) is 0 Å². The van der Waals surface area contributed by atoms with Gasteiger partial charge in [-0.2, -0.15) is 0 Å². The van der Waals surface area contributed by atoms with Crippen LogP contribution in [0.15, 0.2) is 48.5 Å². The second-order valence-corrected chi connectivity index (χ2v) is 7.94. The molecule has 0 fully saturated rings. The Morgan fingerprint density at radius 2 is 1.63 bits per heavy atom. The molecule has 0 saturated carbocycles. The molecule has 1 aliphatic rings. The number of fused-ring (bicyclic) bond motifs is 1. The standard InChI is InChI=1S/C24H30N2O/c1-16(2)20-13-8-14-21(17(3)4)23(20)26(24(25)27)15-19-11-7-10-18-9-5-6-12-22(18)19/h5-6,8-9,11-14,16-17H,7,10,15H2,1-4H3,(H2,25,27). The summed E-state index contributed by atoms with van der Waals surface area (Å²) in [7, 11) is 0. The van der Waals surface area contributed by atoms with Crippen LogP contribution in [0.1, 0.15) is 68.2 Å². The number of benzene rings is 2. The van der Waals surface area contributed by atoms with Crippen LogP contribution in [0.25, 0.3) is 5.57 Å². The summed E-state index contributed by atoms with van der Waals surface area (Å²) >= 11 is 0. The molecule has 2 aromatic carbocycles. The first kappa shape index (κ1) is 19.2. The van der Waals surface area contributed by atoms with E-state index in [1.165, 1.54) is 27.8 Å². The summed E-state index contributed by atoms with van der Waals surface area (Å²) in [5, 5.41) is 0. The third-order valence-corrected chi connectivity index (χ3v) is 5.37. The molecule has 27 heavy (non-hydrogen) atoms. The zero-order chi connectivity index (χ0) is 19.6. The van der Waals surface area contributed by atoms with Crippen molar-refractivity contribution in [1.29, 1.82) is 0 Å². The molecular formula is C24H30N2O. The van der Waals surface area contributed by atoms with E-state index in [0.29, 0.717) is 18.4 Å². The van der Waals surface area contributed by atoms with Crippen molar-refractivity contribution in [2.45, 2.75) is 52.4 Å². The fraction of sp³-hybridized carbons (Fsp3) is 0.375. The SMILES string of the molecule is CC(C)c1cccc(C(C)C)c1N(CC1=CCCc2ccccc21)C(N)=O. The van der Waals surface area contributed by atoms with Gasteiger partial charge in [0, 0.05) is 0 Å². The minimum atomic E-state index is -0.394. The summed E-state index contributed by atoms with van der Waals surface area (Å²) in [6, 6.07) is 14.4. The molecule has 0 heterocycles. The third kappa shape index (κ3) is 3.92. The normalized spacial score (nSPS) is 13.5. The van der Waals surface area contributed by atoms with E-state index in [0.717, 1.165) is 18.5 Å². The van der Waals surface area contributed by atoms with Gasteiger partial charge in [0.05, 0.1) is 12.2 Å². The summed E-state index contributed by atoms with van der Waals surface area (Å²) in [5.74, 6) is 0.626. The van der Waals surface area contributed by atoms with Crippen molar-refractivity contribution in [2.24, 2.45) is 5.73 Å². The highest BCUT2D eigenvalue weighted by atomic mass is 16.2. The van der Waals surface area contributed by atoms with E-state index in [1.807, 2.05) is 0 Å². The van der Waals surface area contributed by atoms with Crippen molar-refractivity contribution in [3.8, 4) is 0 Å². The highest BCUT2D eigenvalue weighted by Crippen LogP contribution is 2.37. The van der Waals surface area contributed by atoms with Gasteiger partial charge in [0.25, 0.3) is 0 Å². The number of primary amides is 1. The van der Waals surface area contributed by atoms with E-state index in [4.69, 9.17) is 5.73 Å². The number of amides is 2. The van der Waals surface area contributed by atoms with Gasteiger partial charge in [-0.1, -0.05) is 76.2 Å². The fourth-order valence-corrected chi connectivity index (χ4v) is 3.97. The summed E-state index contributed by atoms with van der Waals surface area (Å²) in [6.07, 6.45) is 4.31. The summed E-state index contributed by atoms with van der Waals surface area (Å²) in [4.78, 5) is 14.3. The molecule has 0 spiro atoms. The van der Waals surface area contributed by atoms with Crippen LogP contribution in [0.4, 0.5) is 10.5 Å². The molecule has 0 unspecified atom stereocenters. The van der Waals surface area contributed by atoms with Gasteiger partial charge in [-0.15, -0.1) is 0 Å². The number of nitrogens with zero attached hydrogens (tertiary/aromatic N) is 1. The summed E-state index contributed by atoms with van der Waals surface area (Å²) in [6.45, 7) is 9.17. The fourth-order valence-electron chi connectivity index (χ4n) is 3.97. The minimum Gasteiger partial charge on any atom is -0.351 e. The quantitative estimate of drug-likeness (QED) is 0.712. The molecule has 2 aromatic rings. The smallest absolute Gasteiger partial charge is 0.319 e. The summed E-state index contributed by atoms with van der Waals surface area (Å²) in [5.41, 5.74) is 13.0. The van der Waals surface area contributed by atoms with Gasteiger partial charge >= 0.3 is 6.03 Å². The number of carbonyl (C=O) groups excluding carboxylic acids is 1. The molecule has 0 aliphatic heterocycles. The second-order valence-electron chi connectivity index (χ2n) is 7.94. The van der Waals surface area contributed by atoms with Crippen LogP contribution in [0.5, 0.6) is 0 Å². The third-order valence-electron chi connectivity index (χ3n) is 5.37. The Morgan fingerprint density at radius 3 is 2.22 bits per heavy atom. The number of anilines is 1. The largest absolute Gasteiger partial charge is 0.351 e. The number of urea groups is 1. The lowest BCUT2D eigenvalue weighted by Crippen LogP contribution is -2.38. The number of aryl methyl sites for hydroxylation is 1. The predicted molar refractivity (Wildman–Crippen MR) is 114 cm³/mol. The Balaban J connectivity index is 2.08. The molecule has 142 valence electrons. The predicted octanol–water partition coefficient (Wildman–Crippen LogP) is 5.85. The molecule has 3 nitrogen and oxygen atoms in total. The van der Waals surface area contributed by atoms with Crippen molar-refractivity contribution in [2.75, 3.05) is 11.4 Å². The molecule has 2 amide bonds. The summed E-state index contributed by atoms with van der Waals surface area (Å²) < 4.78 is 0. The molecule has 0 atom stereocenters. The van der Waals surface area contributed by atoms with Crippen molar-refractivity contribution >= 4 is 17.3 Å². The highest BCUT2D eigenvalue weighted by molar-refractivity contribution is 5.95. The monoisotopic (exact) mass is 362 g/mol. The van der Waals surface area contributed by atoms with E-state index in [1.54, 1.807) is 4.90 Å². The van der Waals surface area contributed by atoms with Crippen molar-refractivity contribution in [3.63, 3.8) is 0 Å².